The molecule has 0 aliphatic carbocycles. The highest BCUT2D eigenvalue weighted by Crippen LogP contribution is 2.27. The predicted octanol–water partition coefficient (Wildman–Crippen LogP) is 2.26. The minimum atomic E-state index is -0.809. The van der Waals surface area contributed by atoms with E-state index in [9.17, 15) is 9.90 Å². The topological polar surface area (TPSA) is 86.0 Å². The SMILES string of the molecule is CCC(CC)(CNc1cccc(C#N)n1)C(=O)O. The minimum Gasteiger partial charge on any atom is -0.481 e. The van der Waals surface area contributed by atoms with Gasteiger partial charge in [-0.15, -0.1) is 0 Å². The number of carbonyl (C=O) groups is 1. The van der Waals surface area contributed by atoms with Crippen LogP contribution in [0.5, 0.6) is 0 Å². The Morgan fingerprint density at radius 3 is 2.67 bits per heavy atom. The number of nitriles is 1. The number of hydrogen-bond acceptors (Lipinski definition) is 4. The Hall–Kier alpha value is -2.09. The van der Waals surface area contributed by atoms with Gasteiger partial charge in [0.1, 0.15) is 17.6 Å². The Kier molecular flexibility index (Phi) is 4.67. The van der Waals surface area contributed by atoms with E-state index >= 15 is 0 Å². The highest BCUT2D eigenvalue weighted by atomic mass is 16.4. The Bertz CT molecular complexity index is 462. The van der Waals surface area contributed by atoms with Crippen LogP contribution in [0.4, 0.5) is 5.82 Å². The van der Waals surface area contributed by atoms with E-state index in [1.807, 2.05) is 19.9 Å². The maximum absolute atomic E-state index is 11.3. The summed E-state index contributed by atoms with van der Waals surface area (Å²) in [5.41, 5.74) is -0.474. The molecule has 0 saturated heterocycles. The molecule has 1 aromatic heterocycles. The van der Waals surface area contributed by atoms with E-state index < -0.39 is 11.4 Å². The molecule has 0 bridgehead atoms. The van der Waals surface area contributed by atoms with E-state index in [2.05, 4.69) is 10.3 Å². The molecule has 0 unspecified atom stereocenters. The number of nitrogens with zero attached hydrogens (tertiary/aromatic N) is 2. The number of carboxylic acids is 1. The molecule has 1 aromatic rings. The number of nitrogens with one attached hydrogen (secondary N) is 1. The van der Waals surface area contributed by atoms with E-state index in [0.29, 0.717) is 30.9 Å². The van der Waals surface area contributed by atoms with Crippen LogP contribution in [-0.4, -0.2) is 22.6 Å². The lowest BCUT2D eigenvalue weighted by Gasteiger charge is -2.27. The molecule has 0 atom stereocenters. The first-order chi connectivity index (χ1) is 8.57. The Balaban J connectivity index is 2.79. The van der Waals surface area contributed by atoms with Gasteiger partial charge in [-0.3, -0.25) is 4.79 Å². The second-order valence-electron chi connectivity index (χ2n) is 4.17. The molecule has 0 aliphatic rings. The number of aliphatic carboxylic acids is 1. The van der Waals surface area contributed by atoms with Gasteiger partial charge < -0.3 is 10.4 Å². The number of anilines is 1. The summed E-state index contributed by atoms with van der Waals surface area (Å²) in [7, 11) is 0. The fourth-order valence-electron chi connectivity index (χ4n) is 1.73. The second kappa shape index (κ2) is 6.01. The van der Waals surface area contributed by atoms with E-state index in [1.54, 1.807) is 18.2 Å². The van der Waals surface area contributed by atoms with Crippen LogP contribution in [0.2, 0.25) is 0 Å². The molecule has 0 amide bonds. The van der Waals surface area contributed by atoms with E-state index in [-0.39, 0.29) is 0 Å². The van der Waals surface area contributed by atoms with Crippen molar-refractivity contribution in [3.63, 3.8) is 0 Å². The summed E-state index contributed by atoms with van der Waals surface area (Å²) < 4.78 is 0. The van der Waals surface area contributed by atoms with E-state index in [0.717, 1.165) is 0 Å². The molecular formula is C13H17N3O2. The van der Waals surface area contributed by atoms with Crippen molar-refractivity contribution in [2.45, 2.75) is 26.7 Å². The van der Waals surface area contributed by atoms with Gasteiger partial charge in [0, 0.05) is 6.54 Å². The minimum absolute atomic E-state index is 0.303. The van der Waals surface area contributed by atoms with Crippen LogP contribution in [0.15, 0.2) is 18.2 Å². The molecule has 0 fully saturated rings. The number of rotatable bonds is 6. The van der Waals surface area contributed by atoms with Gasteiger partial charge >= 0.3 is 5.97 Å². The Labute approximate surface area is 106 Å². The Morgan fingerprint density at radius 2 is 2.17 bits per heavy atom. The lowest BCUT2D eigenvalue weighted by atomic mass is 9.82. The van der Waals surface area contributed by atoms with Crippen molar-refractivity contribution >= 4 is 11.8 Å². The van der Waals surface area contributed by atoms with Crippen molar-refractivity contribution < 1.29 is 9.90 Å². The molecule has 18 heavy (non-hydrogen) atoms. The molecule has 0 aliphatic heterocycles. The van der Waals surface area contributed by atoms with Crippen molar-refractivity contribution in [3.8, 4) is 6.07 Å². The molecule has 1 rings (SSSR count). The molecule has 5 nitrogen and oxygen atoms in total. The summed E-state index contributed by atoms with van der Waals surface area (Å²) in [6.07, 6.45) is 1.09. The third-order valence-corrected chi connectivity index (χ3v) is 3.28. The van der Waals surface area contributed by atoms with Crippen LogP contribution in [0, 0.1) is 16.7 Å². The first-order valence-corrected chi connectivity index (χ1v) is 5.92. The lowest BCUT2D eigenvalue weighted by molar-refractivity contribution is -0.148. The van der Waals surface area contributed by atoms with Gasteiger partial charge in [-0.1, -0.05) is 19.9 Å². The standard InChI is InChI=1S/C13H17N3O2/c1-3-13(4-2,12(17)18)9-15-11-7-5-6-10(8-14)16-11/h5-7H,3-4,9H2,1-2H3,(H,15,16)(H,17,18). The zero-order chi connectivity index (χ0) is 13.6. The van der Waals surface area contributed by atoms with Gasteiger partial charge in [0.25, 0.3) is 0 Å². The van der Waals surface area contributed by atoms with Crippen molar-refractivity contribution in [2.75, 3.05) is 11.9 Å². The summed E-state index contributed by atoms with van der Waals surface area (Å²) in [4.78, 5) is 15.4. The monoisotopic (exact) mass is 247 g/mol. The summed E-state index contributed by atoms with van der Waals surface area (Å²) in [5, 5.41) is 21.0. The molecule has 0 saturated carbocycles. The summed E-state index contributed by atoms with van der Waals surface area (Å²) in [6.45, 7) is 4.02. The van der Waals surface area contributed by atoms with Crippen LogP contribution >= 0.6 is 0 Å². The molecule has 2 N–H and O–H groups in total. The average Bonchev–Trinajstić information content (AvgIpc) is 2.40. The van der Waals surface area contributed by atoms with Crippen LogP contribution in [0.1, 0.15) is 32.4 Å². The zero-order valence-corrected chi connectivity index (χ0v) is 10.6. The summed E-state index contributed by atoms with van der Waals surface area (Å²) in [6, 6.07) is 6.99. The molecule has 96 valence electrons. The van der Waals surface area contributed by atoms with Gasteiger partial charge in [0.2, 0.25) is 0 Å². The van der Waals surface area contributed by atoms with E-state index in [1.165, 1.54) is 0 Å². The van der Waals surface area contributed by atoms with Gasteiger partial charge in [-0.05, 0) is 25.0 Å². The molecule has 5 heteroatoms. The van der Waals surface area contributed by atoms with Crippen LogP contribution in [0.3, 0.4) is 0 Å². The normalized spacial score (nSPS) is 10.7. The van der Waals surface area contributed by atoms with Crippen molar-refractivity contribution in [3.05, 3.63) is 23.9 Å². The smallest absolute Gasteiger partial charge is 0.311 e. The molecule has 1 heterocycles. The van der Waals surface area contributed by atoms with Crippen molar-refractivity contribution in [2.24, 2.45) is 5.41 Å². The van der Waals surface area contributed by atoms with Crippen LogP contribution in [-0.2, 0) is 4.79 Å². The van der Waals surface area contributed by atoms with Crippen molar-refractivity contribution in [1.82, 2.24) is 4.98 Å². The van der Waals surface area contributed by atoms with Gasteiger partial charge in [-0.25, -0.2) is 4.98 Å². The second-order valence-corrected chi connectivity index (χ2v) is 4.17. The maximum atomic E-state index is 11.3. The molecular weight excluding hydrogens is 230 g/mol. The number of aromatic nitrogens is 1. The fraction of sp³-hybridized carbons (Fsp3) is 0.462. The maximum Gasteiger partial charge on any atom is 0.311 e. The third kappa shape index (κ3) is 2.98. The largest absolute Gasteiger partial charge is 0.481 e. The van der Waals surface area contributed by atoms with Crippen LogP contribution in [0.25, 0.3) is 0 Å². The number of carboxylic acid groups (broad SMARTS) is 1. The summed E-state index contributed by atoms with van der Waals surface area (Å²) >= 11 is 0. The average molecular weight is 247 g/mol. The van der Waals surface area contributed by atoms with E-state index in [4.69, 9.17) is 5.26 Å². The number of hydrogen-bond donors (Lipinski definition) is 2. The van der Waals surface area contributed by atoms with Crippen LogP contribution < -0.4 is 5.32 Å². The lowest BCUT2D eigenvalue weighted by Crippen LogP contribution is -2.37. The first-order valence-electron chi connectivity index (χ1n) is 5.92. The van der Waals surface area contributed by atoms with Crippen molar-refractivity contribution in [1.29, 1.82) is 5.26 Å². The van der Waals surface area contributed by atoms with Gasteiger partial charge in [0.15, 0.2) is 0 Å². The highest BCUT2D eigenvalue weighted by molar-refractivity contribution is 5.75. The quantitative estimate of drug-likeness (QED) is 0.805. The van der Waals surface area contributed by atoms with Gasteiger partial charge in [0.05, 0.1) is 5.41 Å². The first kappa shape index (κ1) is 14.0. The molecule has 0 aromatic carbocycles. The zero-order valence-electron chi connectivity index (χ0n) is 10.6. The third-order valence-electron chi connectivity index (χ3n) is 3.28. The molecule has 0 radical (unpaired) electrons. The van der Waals surface area contributed by atoms with Gasteiger partial charge in [-0.2, -0.15) is 5.26 Å². The predicted molar refractivity (Wildman–Crippen MR) is 68.1 cm³/mol. The Morgan fingerprint density at radius 1 is 1.50 bits per heavy atom. The highest BCUT2D eigenvalue weighted by Gasteiger charge is 2.34. The fourth-order valence-corrected chi connectivity index (χ4v) is 1.73. The molecule has 0 spiro atoms. The summed E-state index contributed by atoms with van der Waals surface area (Å²) in [5.74, 6) is -0.280. The number of pyridine rings is 1.